The number of esters is 2. The van der Waals surface area contributed by atoms with Crippen LogP contribution in [0.1, 0.15) is 58.3 Å². The second kappa shape index (κ2) is 12.9. The van der Waals surface area contributed by atoms with Crippen LogP contribution in [0.3, 0.4) is 0 Å². The van der Waals surface area contributed by atoms with Crippen molar-refractivity contribution in [3.05, 3.63) is 12.2 Å². The molecule has 6 heteroatoms. The number of carbonyl (C=O) groups excluding carboxylic acids is 2. The first-order valence-corrected chi connectivity index (χ1v) is 7.63. The Labute approximate surface area is 131 Å². The van der Waals surface area contributed by atoms with E-state index >= 15 is 0 Å². The largest absolute Gasteiger partial charge is 0.481 e. The normalized spacial score (nSPS) is 10.0. The van der Waals surface area contributed by atoms with E-state index in [2.05, 4.69) is 6.58 Å². The number of hydrogen-bond acceptors (Lipinski definition) is 5. The molecule has 0 atom stereocenters. The van der Waals surface area contributed by atoms with E-state index in [0.717, 1.165) is 25.7 Å². The minimum absolute atomic E-state index is 0.0865. The Kier molecular flexibility index (Phi) is 11.8. The summed E-state index contributed by atoms with van der Waals surface area (Å²) in [4.78, 5) is 32.7. The molecule has 0 aliphatic heterocycles. The summed E-state index contributed by atoms with van der Waals surface area (Å²) in [6.07, 6.45) is 4.74. The lowest BCUT2D eigenvalue weighted by Gasteiger charge is -2.05. The topological polar surface area (TPSA) is 89.9 Å². The molecule has 0 heterocycles. The van der Waals surface area contributed by atoms with Crippen LogP contribution in [-0.2, 0) is 23.9 Å². The van der Waals surface area contributed by atoms with Gasteiger partial charge in [0.05, 0.1) is 13.2 Å². The van der Waals surface area contributed by atoms with Gasteiger partial charge in [-0.25, -0.2) is 4.79 Å². The van der Waals surface area contributed by atoms with Crippen molar-refractivity contribution in [3.63, 3.8) is 0 Å². The van der Waals surface area contributed by atoms with E-state index in [0.29, 0.717) is 31.6 Å². The smallest absolute Gasteiger partial charge is 0.333 e. The average Bonchev–Trinajstić information content (AvgIpc) is 2.45. The number of ether oxygens (including phenoxy) is 2. The summed E-state index contributed by atoms with van der Waals surface area (Å²) in [7, 11) is 0. The third-order valence-corrected chi connectivity index (χ3v) is 2.90. The van der Waals surface area contributed by atoms with Crippen LogP contribution in [0, 0.1) is 0 Å². The van der Waals surface area contributed by atoms with Crippen LogP contribution in [0.15, 0.2) is 12.2 Å². The summed E-state index contributed by atoms with van der Waals surface area (Å²) in [6, 6.07) is 0. The summed E-state index contributed by atoms with van der Waals surface area (Å²) < 4.78 is 10.00. The molecule has 22 heavy (non-hydrogen) atoms. The number of unbranched alkanes of at least 4 members (excludes halogenated alkanes) is 4. The highest BCUT2D eigenvalue weighted by Gasteiger charge is 2.04. The Bertz CT molecular complexity index is 375. The van der Waals surface area contributed by atoms with Gasteiger partial charge in [0, 0.05) is 18.4 Å². The molecule has 126 valence electrons. The van der Waals surface area contributed by atoms with Crippen LogP contribution >= 0.6 is 0 Å². The van der Waals surface area contributed by atoms with Gasteiger partial charge >= 0.3 is 17.9 Å². The number of hydrogen-bond donors (Lipinski definition) is 1. The number of aliphatic carboxylic acids is 1. The van der Waals surface area contributed by atoms with Crippen molar-refractivity contribution < 1.29 is 29.0 Å². The van der Waals surface area contributed by atoms with Gasteiger partial charge in [0.15, 0.2) is 0 Å². The summed E-state index contributed by atoms with van der Waals surface area (Å²) in [5, 5.41) is 8.45. The van der Waals surface area contributed by atoms with Gasteiger partial charge in [0.25, 0.3) is 0 Å². The molecule has 0 aliphatic carbocycles. The van der Waals surface area contributed by atoms with Crippen molar-refractivity contribution in [2.45, 2.75) is 58.3 Å². The highest BCUT2D eigenvalue weighted by atomic mass is 16.5. The first-order chi connectivity index (χ1) is 10.4. The zero-order valence-electron chi connectivity index (χ0n) is 13.3. The van der Waals surface area contributed by atoms with Crippen molar-refractivity contribution in [1.82, 2.24) is 0 Å². The van der Waals surface area contributed by atoms with Gasteiger partial charge in [0.1, 0.15) is 0 Å². The zero-order valence-corrected chi connectivity index (χ0v) is 13.3. The molecule has 0 unspecified atom stereocenters. The maximum Gasteiger partial charge on any atom is 0.333 e. The Hall–Kier alpha value is -1.85. The maximum atomic E-state index is 11.3. The summed E-state index contributed by atoms with van der Waals surface area (Å²) in [5.41, 5.74) is 0.398. The standard InChI is InChI=1S/C16H26O6/c1-13(2)16(20)22-12-8-4-3-7-11-21-15(19)10-6-5-9-14(17)18/h1,3-12H2,2H3,(H,17,18). The van der Waals surface area contributed by atoms with Crippen molar-refractivity contribution >= 4 is 17.9 Å². The average molecular weight is 314 g/mol. The molecular weight excluding hydrogens is 288 g/mol. The van der Waals surface area contributed by atoms with Gasteiger partial charge in [-0.05, 0) is 45.4 Å². The Morgan fingerprint density at radius 3 is 1.95 bits per heavy atom. The number of rotatable bonds is 13. The molecule has 0 saturated carbocycles. The summed E-state index contributed by atoms with van der Waals surface area (Å²) >= 11 is 0. The minimum Gasteiger partial charge on any atom is -0.481 e. The Morgan fingerprint density at radius 1 is 0.864 bits per heavy atom. The van der Waals surface area contributed by atoms with Gasteiger partial charge in [-0.1, -0.05) is 6.58 Å². The summed E-state index contributed by atoms with van der Waals surface area (Å²) in [5.74, 6) is -1.49. The van der Waals surface area contributed by atoms with Gasteiger partial charge < -0.3 is 14.6 Å². The third-order valence-electron chi connectivity index (χ3n) is 2.90. The van der Waals surface area contributed by atoms with Crippen LogP contribution in [0.2, 0.25) is 0 Å². The van der Waals surface area contributed by atoms with Crippen molar-refractivity contribution in [2.75, 3.05) is 13.2 Å². The van der Waals surface area contributed by atoms with E-state index in [-0.39, 0.29) is 24.8 Å². The molecule has 0 aliphatic rings. The van der Waals surface area contributed by atoms with Gasteiger partial charge in [-0.15, -0.1) is 0 Å². The van der Waals surface area contributed by atoms with Crippen LogP contribution in [0.25, 0.3) is 0 Å². The van der Waals surface area contributed by atoms with Crippen LogP contribution in [0.4, 0.5) is 0 Å². The van der Waals surface area contributed by atoms with E-state index in [1.165, 1.54) is 0 Å². The molecule has 0 radical (unpaired) electrons. The monoisotopic (exact) mass is 314 g/mol. The van der Waals surface area contributed by atoms with Crippen LogP contribution in [-0.4, -0.2) is 36.2 Å². The predicted octanol–water partition coefficient (Wildman–Crippen LogP) is 2.85. The first-order valence-electron chi connectivity index (χ1n) is 7.63. The lowest BCUT2D eigenvalue weighted by molar-refractivity contribution is -0.144. The second-order valence-corrected chi connectivity index (χ2v) is 5.15. The van der Waals surface area contributed by atoms with E-state index in [1.54, 1.807) is 6.92 Å². The number of carboxylic acid groups (broad SMARTS) is 1. The molecule has 1 N–H and O–H groups in total. The molecule has 0 aromatic rings. The van der Waals surface area contributed by atoms with Crippen molar-refractivity contribution in [3.8, 4) is 0 Å². The Balaban J connectivity index is 3.31. The van der Waals surface area contributed by atoms with Crippen LogP contribution < -0.4 is 0 Å². The molecule has 0 spiro atoms. The fourth-order valence-corrected chi connectivity index (χ4v) is 1.65. The quantitative estimate of drug-likeness (QED) is 0.319. The van der Waals surface area contributed by atoms with E-state index < -0.39 is 5.97 Å². The highest BCUT2D eigenvalue weighted by molar-refractivity contribution is 5.86. The van der Waals surface area contributed by atoms with Crippen molar-refractivity contribution in [2.24, 2.45) is 0 Å². The van der Waals surface area contributed by atoms with Gasteiger partial charge in [-0.3, -0.25) is 9.59 Å². The van der Waals surface area contributed by atoms with E-state index in [9.17, 15) is 14.4 Å². The highest BCUT2D eigenvalue weighted by Crippen LogP contribution is 2.04. The van der Waals surface area contributed by atoms with Gasteiger partial charge in [-0.2, -0.15) is 0 Å². The maximum absolute atomic E-state index is 11.3. The molecule has 0 saturated heterocycles. The molecule has 0 rings (SSSR count). The summed E-state index contributed by atoms with van der Waals surface area (Å²) in [6.45, 7) is 5.87. The fourth-order valence-electron chi connectivity index (χ4n) is 1.65. The molecule has 0 aromatic heterocycles. The molecular formula is C16H26O6. The SMILES string of the molecule is C=C(C)C(=O)OCCCCCCOC(=O)CCCCC(=O)O. The molecule has 6 nitrogen and oxygen atoms in total. The second-order valence-electron chi connectivity index (χ2n) is 5.15. The number of carboxylic acids is 1. The van der Waals surface area contributed by atoms with E-state index in [1.807, 2.05) is 0 Å². The fraction of sp³-hybridized carbons (Fsp3) is 0.688. The van der Waals surface area contributed by atoms with Crippen LogP contribution in [0.5, 0.6) is 0 Å². The minimum atomic E-state index is -0.845. The molecule has 0 amide bonds. The molecule has 0 bridgehead atoms. The van der Waals surface area contributed by atoms with Gasteiger partial charge in [0.2, 0.25) is 0 Å². The Morgan fingerprint density at radius 2 is 1.41 bits per heavy atom. The van der Waals surface area contributed by atoms with E-state index in [4.69, 9.17) is 14.6 Å². The molecule has 0 fully saturated rings. The predicted molar refractivity (Wildman–Crippen MR) is 81.3 cm³/mol. The first kappa shape index (κ1) is 20.1. The lowest BCUT2D eigenvalue weighted by Crippen LogP contribution is -2.07. The number of carbonyl (C=O) groups is 3. The van der Waals surface area contributed by atoms with Crippen molar-refractivity contribution in [1.29, 1.82) is 0 Å². The zero-order chi connectivity index (χ0) is 16.8. The lowest BCUT2D eigenvalue weighted by atomic mass is 10.2. The molecule has 0 aromatic carbocycles. The third kappa shape index (κ3) is 13.1.